The van der Waals surface area contributed by atoms with Gasteiger partial charge in [-0.3, -0.25) is 4.79 Å². The molecule has 0 heterocycles. The van der Waals surface area contributed by atoms with E-state index in [2.05, 4.69) is 31.3 Å². The van der Waals surface area contributed by atoms with Crippen molar-refractivity contribution < 1.29 is 4.79 Å². The Morgan fingerprint density at radius 1 is 1.32 bits per heavy atom. The Morgan fingerprint density at radius 2 is 2.11 bits per heavy atom. The maximum Gasteiger partial charge on any atom is 0.224 e. The zero-order valence-corrected chi connectivity index (χ0v) is 12.5. The Balaban J connectivity index is 1.92. The summed E-state index contributed by atoms with van der Waals surface area (Å²) < 4.78 is 0. The lowest BCUT2D eigenvalue weighted by Crippen LogP contribution is -2.38. The Kier molecular flexibility index (Phi) is 4.87. The highest BCUT2D eigenvalue weighted by atomic mass is 35.5. The molecule has 1 amide bonds. The van der Waals surface area contributed by atoms with Gasteiger partial charge >= 0.3 is 0 Å². The molecule has 0 bridgehead atoms. The number of benzene rings is 1. The van der Waals surface area contributed by atoms with Crippen molar-refractivity contribution in [3.8, 4) is 0 Å². The molecule has 1 aromatic rings. The maximum atomic E-state index is 12.1. The topological polar surface area (TPSA) is 29.1 Å². The first-order valence-electron chi connectivity index (χ1n) is 7.01. The van der Waals surface area contributed by atoms with Gasteiger partial charge in [0.1, 0.15) is 0 Å². The van der Waals surface area contributed by atoms with Crippen LogP contribution in [0.2, 0.25) is 0 Å². The Hall–Kier alpha value is -1.02. The fourth-order valence-corrected chi connectivity index (χ4v) is 3.14. The molecule has 2 atom stereocenters. The van der Waals surface area contributed by atoms with Gasteiger partial charge in [0.2, 0.25) is 5.91 Å². The number of nitrogens with one attached hydrogen (secondary N) is 1. The summed E-state index contributed by atoms with van der Waals surface area (Å²) in [5.41, 5.74) is 3.59. The van der Waals surface area contributed by atoms with E-state index in [1.807, 2.05) is 6.07 Å². The number of carbonyl (C=O) groups excluding carboxylic acids is 1. The number of halogens is 1. The van der Waals surface area contributed by atoms with Crippen molar-refractivity contribution in [1.82, 2.24) is 5.32 Å². The van der Waals surface area contributed by atoms with Crippen LogP contribution in [0.4, 0.5) is 0 Å². The van der Waals surface area contributed by atoms with Gasteiger partial charge in [-0.25, -0.2) is 0 Å². The first-order chi connectivity index (χ1) is 9.10. The number of hydrogen-bond acceptors (Lipinski definition) is 1. The van der Waals surface area contributed by atoms with E-state index in [-0.39, 0.29) is 11.9 Å². The van der Waals surface area contributed by atoms with Crippen LogP contribution in [-0.2, 0) is 11.2 Å². The molecular weight excluding hydrogens is 258 g/mol. The molecule has 1 aromatic carbocycles. The maximum absolute atomic E-state index is 12.1. The third-order valence-corrected chi connectivity index (χ3v) is 4.54. The van der Waals surface area contributed by atoms with Gasteiger partial charge in [0.05, 0.1) is 6.42 Å². The molecule has 0 radical (unpaired) electrons. The molecule has 1 aliphatic rings. The zero-order chi connectivity index (χ0) is 13.8. The predicted molar refractivity (Wildman–Crippen MR) is 79.6 cm³/mol. The number of amides is 1. The standard InChI is InChI=1S/C16H22ClNO/c1-11-6-7-13(8-12(11)2)9-16(19)18-15-5-3-4-14(15)10-17/h6-8,14-15H,3-5,9-10H2,1-2H3,(H,18,19). The number of rotatable bonds is 4. The lowest BCUT2D eigenvalue weighted by molar-refractivity contribution is -0.121. The van der Waals surface area contributed by atoms with Gasteiger partial charge in [-0.1, -0.05) is 24.6 Å². The van der Waals surface area contributed by atoms with E-state index >= 15 is 0 Å². The monoisotopic (exact) mass is 279 g/mol. The van der Waals surface area contributed by atoms with E-state index in [0.717, 1.165) is 18.4 Å². The van der Waals surface area contributed by atoms with Crippen LogP contribution in [0.25, 0.3) is 0 Å². The van der Waals surface area contributed by atoms with Crippen LogP contribution in [0.1, 0.15) is 36.0 Å². The van der Waals surface area contributed by atoms with Gasteiger partial charge in [-0.2, -0.15) is 0 Å². The minimum Gasteiger partial charge on any atom is -0.353 e. The first-order valence-corrected chi connectivity index (χ1v) is 7.55. The summed E-state index contributed by atoms with van der Waals surface area (Å²) >= 11 is 5.93. The third kappa shape index (κ3) is 3.73. The summed E-state index contributed by atoms with van der Waals surface area (Å²) in [5.74, 6) is 1.21. The molecule has 1 aliphatic carbocycles. The summed E-state index contributed by atoms with van der Waals surface area (Å²) in [7, 11) is 0. The van der Waals surface area contributed by atoms with Crippen LogP contribution in [-0.4, -0.2) is 17.8 Å². The van der Waals surface area contributed by atoms with E-state index in [9.17, 15) is 4.79 Å². The molecule has 3 heteroatoms. The first kappa shape index (κ1) is 14.4. The number of hydrogen-bond donors (Lipinski definition) is 1. The molecule has 104 valence electrons. The molecule has 0 spiro atoms. The number of aryl methyl sites for hydroxylation is 2. The highest BCUT2D eigenvalue weighted by Gasteiger charge is 2.27. The highest BCUT2D eigenvalue weighted by molar-refractivity contribution is 6.18. The Labute approximate surface area is 120 Å². The minimum atomic E-state index is 0.116. The number of carbonyl (C=O) groups is 1. The lowest BCUT2D eigenvalue weighted by Gasteiger charge is -2.19. The Bertz CT molecular complexity index is 458. The average molecular weight is 280 g/mol. The van der Waals surface area contributed by atoms with E-state index < -0.39 is 0 Å². The summed E-state index contributed by atoms with van der Waals surface area (Å²) in [4.78, 5) is 12.1. The largest absolute Gasteiger partial charge is 0.353 e. The highest BCUT2D eigenvalue weighted by Crippen LogP contribution is 2.26. The zero-order valence-electron chi connectivity index (χ0n) is 11.7. The fraction of sp³-hybridized carbons (Fsp3) is 0.562. The Morgan fingerprint density at radius 3 is 2.79 bits per heavy atom. The van der Waals surface area contributed by atoms with Crippen molar-refractivity contribution >= 4 is 17.5 Å². The van der Waals surface area contributed by atoms with Crippen LogP contribution in [0, 0.1) is 19.8 Å². The van der Waals surface area contributed by atoms with E-state index in [0.29, 0.717) is 18.2 Å². The molecule has 0 aromatic heterocycles. The summed E-state index contributed by atoms with van der Waals surface area (Å²) in [6.45, 7) is 4.17. The SMILES string of the molecule is Cc1ccc(CC(=O)NC2CCCC2CCl)cc1C. The summed E-state index contributed by atoms with van der Waals surface area (Å²) in [6.07, 6.45) is 3.84. The van der Waals surface area contributed by atoms with Crippen molar-refractivity contribution in [3.05, 3.63) is 34.9 Å². The quantitative estimate of drug-likeness (QED) is 0.841. The van der Waals surface area contributed by atoms with Gasteiger partial charge in [0, 0.05) is 11.9 Å². The van der Waals surface area contributed by atoms with Gasteiger partial charge in [-0.05, 0) is 49.3 Å². The van der Waals surface area contributed by atoms with Crippen LogP contribution in [0.3, 0.4) is 0 Å². The van der Waals surface area contributed by atoms with Crippen LogP contribution < -0.4 is 5.32 Å². The van der Waals surface area contributed by atoms with E-state index in [4.69, 9.17) is 11.6 Å². The third-order valence-electron chi connectivity index (χ3n) is 4.14. The molecule has 1 saturated carbocycles. The smallest absolute Gasteiger partial charge is 0.224 e. The van der Waals surface area contributed by atoms with Crippen LogP contribution >= 0.6 is 11.6 Å². The van der Waals surface area contributed by atoms with Crippen molar-refractivity contribution in [1.29, 1.82) is 0 Å². The van der Waals surface area contributed by atoms with Gasteiger partial charge in [-0.15, -0.1) is 11.6 Å². The van der Waals surface area contributed by atoms with Crippen molar-refractivity contribution in [2.45, 2.75) is 45.6 Å². The van der Waals surface area contributed by atoms with Crippen LogP contribution in [0.15, 0.2) is 18.2 Å². The van der Waals surface area contributed by atoms with Crippen molar-refractivity contribution in [3.63, 3.8) is 0 Å². The molecular formula is C16H22ClNO. The second-order valence-corrected chi connectivity index (χ2v) is 5.92. The molecule has 1 fully saturated rings. The van der Waals surface area contributed by atoms with Crippen molar-refractivity contribution in [2.75, 3.05) is 5.88 Å². The molecule has 0 saturated heterocycles. The number of alkyl halides is 1. The minimum absolute atomic E-state index is 0.116. The normalized spacial score (nSPS) is 22.5. The molecule has 2 unspecified atom stereocenters. The predicted octanol–water partition coefficient (Wildman–Crippen LogP) is 3.37. The summed E-state index contributed by atoms with van der Waals surface area (Å²) in [6, 6.07) is 6.49. The van der Waals surface area contributed by atoms with Crippen LogP contribution in [0.5, 0.6) is 0 Å². The summed E-state index contributed by atoms with van der Waals surface area (Å²) in [5, 5.41) is 3.14. The van der Waals surface area contributed by atoms with E-state index in [1.54, 1.807) is 0 Å². The second-order valence-electron chi connectivity index (χ2n) is 5.61. The fourth-order valence-electron chi connectivity index (χ4n) is 2.77. The lowest BCUT2D eigenvalue weighted by atomic mass is 10.0. The second kappa shape index (κ2) is 6.42. The van der Waals surface area contributed by atoms with Gasteiger partial charge in [0.25, 0.3) is 0 Å². The van der Waals surface area contributed by atoms with Crippen molar-refractivity contribution in [2.24, 2.45) is 5.92 Å². The molecule has 0 aliphatic heterocycles. The molecule has 2 nitrogen and oxygen atoms in total. The van der Waals surface area contributed by atoms with Gasteiger partial charge in [0.15, 0.2) is 0 Å². The van der Waals surface area contributed by atoms with Gasteiger partial charge < -0.3 is 5.32 Å². The molecule has 1 N–H and O–H groups in total. The van der Waals surface area contributed by atoms with E-state index in [1.165, 1.54) is 17.5 Å². The molecule has 2 rings (SSSR count). The molecule has 19 heavy (non-hydrogen) atoms. The average Bonchev–Trinajstić information content (AvgIpc) is 2.81.